The second kappa shape index (κ2) is 8.20. The third-order valence-corrected chi connectivity index (χ3v) is 7.09. The predicted octanol–water partition coefficient (Wildman–Crippen LogP) is 2.61. The molecule has 7 nitrogen and oxygen atoms in total. The Labute approximate surface area is 176 Å². The maximum absolute atomic E-state index is 12.9. The fourth-order valence-corrected chi connectivity index (χ4v) is 4.35. The number of sulfonamides is 1. The van der Waals surface area contributed by atoms with Gasteiger partial charge in [0.05, 0.1) is 22.5 Å². The number of aromatic nitrogens is 2. The average molecular weight is 430 g/mol. The monoisotopic (exact) mass is 429 g/mol. The normalized spacial score (nSPS) is 12.2. The number of fused-ring (bicyclic) bond motifs is 1. The van der Waals surface area contributed by atoms with Crippen LogP contribution in [0.5, 0.6) is 0 Å². The number of aryl methyl sites for hydroxylation is 1. The van der Waals surface area contributed by atoms with E-state index in [0.29, 0.717) is 23.5 Å². The number of benzene rings is 2. The van der Waals surface area contributed by atoms with E-state index in [1.807, 2.05) is 24.3 Å². The van der Waals surface area contributed by atoms with E-state index in [2.05, 4.69) is 13.8 Å². The molecular formula is C22H27N3O4S. The van der Waals surface area contributed by atoms with Gasteiger partial charge in [0.15, 0.2) is 0 Å². The van der Waals surface area contributed by atoms with Crippen molar-refractivity contribution < 1.29 is 8.42 Å². The Balaban J connectivity index is 2.27. The molecule has 0 fully saturated rings. The van der Waals surface area contributed by atoms with Crippen LogP contribution in [0.4, 0.5) is 0 Å². The van der Waals surface area contributed by atoms with Crippen molar-refractivity contribution in [2.45, 2.75) is 44.7 Å². The van der Waals surface area contributed by atoms with Crippen molar-refractivity contribution >= 4 is 21.1 Å². The second-order valence-electron chi connectivity index (χ2n) is 7.77. The average Bonchev–Trinajstić information content (AvgIpc) is 2.71. The first kappa shape index (κ1) is 22.0. The number of rotatable bonds is 6. The maximum Gasteiger partial charge on any atom is 0.317 e. The zero-order valence-electron chi connectivity index (χ0n) is 17.9. The standard InChI is InChI=1S/C22H27N3O4S/c1-6-24-19-12-11-18(30(28,29)23(4)5)13-20(19)25(22(27)21(24)26)14-16-7-9-17(10-8-16)15(2)3/h7-13,15H,6,14H2,1-5H3. The molecule has 0 spiro atoms. The van der Waals surface area contributed by atoms with Crippen LogP contribution in [0.25, 0.3) is 11.0 Å². The van der Waals surface area contributed by atoms with Crippen molar-refractivity contribution in [1.29, 1.82) is 0 Å². The van der Waals surface area contributed by atoms with E-state index in [1.54, 1.807) is 13.0 Å². The minimum atomic E-state index is -3.69. The van der Waals surface area contributed by atoms with E-state index in [4.69, 9.17) is 0 Å². The Morgan fingerprint density at radius 3 is 2.03 bits per heavy atom. The molecule has 0 amide bonds. The Kier molecular flexibility index (Phi) is 6.01. The summed E-state index contributed by atoms with van der Waals surface area (Å²) >= 11 is 0. The topological polar surface area (TPSA) is 81.4 Å². The molecule has 30 heavy (non-hydrogen) atoms. The SMILES string of the molecule is CCn1c(=O)c(=O)n(Cc2ccc(C(C)C)cc2)c2cc(S(=O)(=O)N(C)C)ccc21. The van der Waals surface area contributed by atoms with Gasteiger partial charge in [0.1, 0.15) is 0 Å². The van der Waals surface area contributed by atoms with Crippen molar-refractivity contribution in [1.82, 2.24) is 13.4 Å². The summed E-state index contributed by atoms with van der Waals surface area (Å²) in [5.41, 5.74) is 1.69. The molecule has 0 N–H and O–H groups in total. The molecule has 0 radical (unpaired) electrons. The molecule has 1 aromatic heterocycles. The van der Waals surface area contributed by atoms with E-state index in [1.165, 1.54) is 40.9 Å². The van der Waals surface area contributed by atoms with Gasteiger partial charge in [-0.1, -0.05) is 38.1 Å². The van der Waals surface area contributed by atoms with Gasteiger partial charge in [0, 0.05) is 20.6 Å². The molecule has 0 saturated heterocycles. The van der Waals surface area contributed by atoms with Crippen LogP contribution in [0.1, 0.15) is 37.8 Å². The summed E-state index contributed by atoms with van der Waals surface area (Å²) in [6.07, 6.45) is 0. The molecule has 160 valence electrons. The van der Waals surface area contributed by atoms with E-state index < -0.39 is 21.1 Å². The minimum Gasteiger partial charge on any atom is -0.302 e. The highest BCUT2D eigenvalue weighted by Gasteiger charge is 2.20. The Bertz CT molecular complexity index is 1300. The lowest BCUT2D eigenvalue weighted by atomic mass is 10.0. The molecule has 2 aromatic carbocycles. The van der Waals surface area contributed by atoms with Crippen LogP contribution in [-0.2, 0) is 23.1 Å². The van der Waals surface area contributed by atoms with Gasteiger partial charge in [-0.25, -0.2) is 12.7 Å². The third-order valence-electron chi connectivity index (χ3n) is 5.28. The van der Waals surface area contributed by atoms with Crippen LogP contribution in [-0.4, -0.2) is 36.0 Å². The summed E-state index contributed by atoms with van der Waals surface area (Å²) in [6, 6.07) is 12.4. The van der Waals surface area contributed by atoms with Crippen molar-refractivity contribution in [3.63, 3.8) is 0 Å². The molecule has 8 heteroatoms. The van der Waals surface area contributed by atoms with Crippen LogP contribution in [0, 0.1) is 0 Å². The molecule has 0 atom stereocenters. The maximum atomic E-state index is 12.9. The first-order chi connectivity index (χ1) is 14.1. The summed E-state index contributed by atoms with van der Waals surface area (Å²) < 4.78 is 29.1. The highest BCUT2D eigenvalue weighted by Crippen LogP contribution is 2.21. The molecule has 0 saturated carbocycles. The Hall–Kier alpha value is -2.71. The summed E-state index contributed by atoms with van der Waals surface area (Å²) in [7, 11) is -0.777. The van der Waals surface area contributed by atoms with Crippen LogP contribution < -0.4 is 11.1 Å². The number of nitrogens with zero attached hydrogens (tertiary/aromatic N) is 3. The quantitative estimate of drug-likeness (QED) is 0.564. The number of hydrogen-bond acceptors (Lipinski definition) is 4. The molecule has 0 unspecified atom stereocenters. The largest absolute Gasteiger partial charge is 0.317 e. The smallest absolute Gasteiger partial charge is 0.302 e. The first-order valence-electron chi connectivity index (χ1n) is 9.86. The fourth-order valence-electron chi connectivity index (χ4n) is 3.43. The van der Waals surface area contributed by atoms with Crippen LogP contribution in [0.3, 0.4) is 0 Å². The fraction of sp³-hybridized carbons (Fsp3) is 0.364. The predicted molar refractivity (Wildman–Crippen MR) is 119 cm³/mol. The van der Waals surface area contributed by atoms with Gasteiger partial charge in [0.25, 0.3) is 0 Å². The van der Waals surface area contributed by atoms with Gasteiger partial charge < -0.3 is 4.57 Å². The summed E-state index contributed by atoms with van der Waals surface area (Å²) in [6.45, 7) is 6.47. The second-order valence-corrected chi connectivity index (χ2v) is 9.93. The lowest BCUT2D eigenvalue weighted by molar-refractivity contribution is 0.521. The minimum absolute atomic E-state index is 0.0737. The highest BCUT2D eigenvalue weighted by atomic mass is 32.2. The molecule has 0 aliphatic heterocycles. The van der Waals surface area contributed by atoms with E-state index >= 15 is 0 Å². The number of hydrogen-bond donors (Lipinski definition) is 0. The van der Waals surface area contributed by atoms with Crippen LogP contribution in [0.2, 0.25) is 0 Å². The molecule has 0 aliphatic carbocycles. The van der Waals surface area contributed by atoms with Crippen molar-refractivity contribution in [2.75, 3.05) is 14.1 Å². The molecule has 3 aromatic rings. The van der Waals surface area contributed by atoms with Gasteiger partial charge in [-0.15, -0.1) is 0 Å². The summed E-state index contributed by atoms with van der Waals surface area (Å²) in [5, 5.41) is 0. The van der Waals surface area contributed by atoms with Crippen molar-refractivity contribution in [2.24, 2.45) is 0 Å². The molecule has 3 rings (SSSR count). The zero-order chi connectivity index (χ0) is 22.2. The first-order valence-corrected chi connectivity index (χ1v) is 11.3. The van der Waals surface area contributed by atoms with Crippen LogP contribution >= 0.6 is 0 Å². The lowest BCUT2D eigenvalue weighted by Gasteiger charge is -2.17. The van der Waals surface area contributed by atoms with Gasteiger partial charge in [-0.2, -0.15) is 0 Å². The van der Waals surface area contributed by atoms with Gasteiger partial charge in [-0.3, -0.25) is 14.2 Å². The Morgan fingerprint density at radius 2 is 1.50 bits per heavy atom. The molecule has 1 heterocycles. The van der Waals surface area contributed by atoms with E-state index in [-0.39, 0.29) is 11.4 Å². The van der Waals surface area contributed by atoms with Crippen molar-refractivity contribution in [3.05, 3.63) is 74.3 Å². The molecular weight excluding hydrogens is 402 g/mol. The molecule has 0 aliphatic rings. The third kappa shape index (κ3) is 3.85. The highest BCUT2D eigenvalue weighted by molar-refractivity contribution is 7.89. The zero-order valence-corrected chi connectivity index (χ0v) is 18.7. The summed E-state index contributed by atoms with van der Waals surface area (Å²) in [4.78, 5) is 25.6. The summed E-state index contributed by atoms with van der Waals surface area (Å²) in [5.74, 6) is 0.384. The van der Waals surface area contributed by atoms with Gasteiger partial charge in [0.2, 0.25) is 10.0 Å². The van der Waals surface area contributed by atoms with Crippen molar-refractivity contribution in [3.8, 4) is 0 Å². The van der Waals surface area contributed by atoms with E-state index in [9.17, 15) is 18.0 Å². The Morgan fingerprint density at radius 1 is 0.900 bits per heavy atom. The van der Waals surface area contributed by atoms with E-state index in [0.717, 1.165) is 9.87 Å². The van der Waals surface area contributed by atoms with Gasteiger partial charge in [-0.05, 0) is 42.2 Å². The van der Waals surface area contributed by atoms with Crippen LogP contribution in [0.15, 0.2) is 56.9 Å². The molecule has 0 bridgehead atoms. The lowest BCUT2D eigenvalue weighted by Crippen LogP contribution is -2.41. The van der Waals surface area contributed by atoms with Gasteiger partial charge >= 0.3 is 11.1 Å².